The molecule has 2 aromatic heterocycles. The molecule has 2 aromatic rings. The molecule has 0 aliphatic carbocycles. The van der Waals surface area contributed by atoms with Crippen LogP contribution in [0.4, 0.5) is 5.82 Å². The van der Waals surface area contributed by atoms with Crippen molar-refractivity contribution in [2.45, 2.75) is 51.6 Å². The first-order valence-corrected chi connectivity index (χ1v) is 10.8. The lowest BCUT2D eigenvalue weighted by molar-refractivity contribution is -0.117. The topological polar surface area (TPSA) is 122 Å². The third kappa shape index (κ3) is 3.68. The maximum Gasteiger partial charge on any atom is 0.283 e. The number of amides is 3. The number of rotatable bonds is 4. The molecule has 2 unspecified atom stereocenters. The summed E-state index contributed by atoms with van der Waals surface area (Å²) in [6.45, 7) is 4.46. The number of nitrogens with zero attached hydrogens (tertiary/aromatic N) is 4. The van der Waals surface area contributed by atoms with E-state index in [4.69, 9.17) is 5.84 Å². The second-order valence-corrected chi connectivity index (χ2v) is 8.60. The second-order valence-electron chi connectivity index (χ2n) is 7.71. The van der Waals surface area contributed by atoms with Crippen LogP contribution in [-0.2, 0) is 4.79 Å². The number of thiazole rings is 1. The lowest BCUT2D eigenvalue weighted by atomic mass is 10.1. The standard InChI is InChI=1S/C20H24N6O3S/c1-11-10-30-19(22-11)15-4-3-7-25(15)20(29)13-8-14(18(28)24-21)23-16(9-13)26-12(2)5-6-17(26)27/h8-10,12,15H,3-7,21H2,1-2H3,(H,24,28). The van der Waals surface area contributed by atoms with Gasteiger partial charge in [0.25, 0.3) is 11.8 Å². The average molecular weight is 429 g/mol. The van der Waals surface area contributed by atoms with Crippen molar-refractivity contribution in [3.63, 3.8) is 0 Å². The van der Waals surface area contributed by atoms with Crippen LogP contribution >= 0.6 is 11.3 Å². The molecule has 3 amide bonds. The molecule has 2 atom stereocenters. The average Bonchev–Trinajstić information content (AvgIpc) is 3.46. The Morgan fingerprint density at radius 3 is 2.70 bits per heavy atom. The van der Waals surface area contributed by atoms with Gasteiger partial charge in [-0.2, -0.15) is 0 Å². The van der Waals surface area contributed by atoms with Gasteiger partial charge < -0.3 is 4.90 Å². The van der Waals surface area contributed by atoms with Crippen LogP contribution in [0.25, 0.3) is 0 Å². The number of nitrogens with one attached hydrogen (secondary N) is 1. The molecule has 4 rings (SSSR count). The van der Waals surface area contributed by atoms with Gasteiger partial charge in [-0.1, -0.05) is 0 Å². The van der Waals surface area contributed by atoms with Crippen LogP contribution in [0.1, 0.15) is 70.2 Å². The summed E-state index contributed by atoms with van der Waals surface area (Å²) in [6, 6.07) is 2.88. The normalized spacial score (nSPS) is 21.4. The number of nitrogens with two attached hydrogens (primary N) is 1. The van der Waals surface area contributed by atoms with Gasteiger partial charge in [0.05, 0.1) is 6.04 Å². The zero-order valence-corrected chi connectivity index (χ0v) is 17.7. The van der Waals surface area contributed by atoms with Crippen molar-refractivity contribution in [3.05, 3.63) is 39.5 Å². The van der Waals surface area contributed by atoms with Crippen LogP contribution in [-0.4, -0.2) is 45.2 Å². The maximum absolute atomic E-state index is 13.4. The molecule has 2 aliphatic heterocycles. The zero-order valence-electron chi connectivity index (χ0n) is 16.9. The number of carbonyl (C=O) groups is 3. The number of aryl methyl sites for hydroxylation is 1. The van der Waals surface area contributed by atoms with Crippen LogP contribution in [0.5, 0.6) is 0 Å². The fourth-order valence-electron chi connectivity index (χ4n) is 4.09. The Kier molecular flexibility index (Phi) is 5.52. The highest BCUT2D eigenvalue weighted by Gasteiger charge is 2.35. The van der Waals surface area contributed by atoms with E-state index in [1.54, 1.807) is 27.2 Å². The predicted molar refractivity (Wildman–Crippen MR) is 112 cm³/mol. The van der Waals surface area contributed by atoms with Crippen LogP contribution in [0, 0.1) is 6.92 Å². The van der Waals surface area contributed by atoms with Crippen LogP contribution in [0.2, 0.25) is 0 Å². The van der Waals surface area contributed by atoms with E-state index in [2.05, 4.69) is 15.4 Å². The van der Waals surface area contributed by atoms with E-state index in [0.29, 0.717) is 30.8 Å². The Hall–Kier alpha value is -2.85. The highest BCUT2D eigenvalue weighted by atomic mass is 32.1. The predicted octanol–water partition coefficient (Wildman–Crippen LogP) is 1.94. The van der Waals surface area contributed by atoms with Crippen molar-refractivity contribution < 1.29 is 14.4 Å². The summed E-state index contributed by atoms with van der Waals surface area (Å²) in [5, 5.41) is 2.89. The Labute approximate surface area is 178 Å². The molecule has 9 nitrogen and oxygen atoms in total. The number of likely N-dealkylation sites (tertiary alicyclic amines) is 1. The fraction of sp³-hybridized carbons (Fsp3) is 0.450. The van der Waals surface area contributed by atoms with Gasteiger partial charge in [0.1, 0.15) is 16.5 Å². The minimum Gasteiger partial charge on any atom is -0.329 e. The second kappa shape index (κ2) is 8.11. The monoisotopic (exact) mass is 428 g/mol. The lowest BCUT2D eigenvalue weighted by Gasteiger charge is -2.25. The first-order chi connectivity index (χ1) is 14.4. The number of hydrogen-bond donors (Lipinski definition) is 2. The summed E-state index contributed by atoms with van der Waals surface area (Å²) < 4.78 is 0. The molecule has 0 radical (unpaired) electrons. The molecule has 0 bridgehead atoms. The summed E-state index contributed by atoms with van der Waals surface area (Å²) in [4.78, 5) is 50.2. The van der Waals surface area contributed by atoms with Crippen molar-refractivity contribution in [1.29, 1.82) is 0 Å². The van der Waals surface area contributed by atoms with Gasteiger partial charge in [0.2, 0.25) is 5.91 Å². The molecular weight excluding hydrogens is 404 g/mol. The van der Waals surface area contributed by atoms with E-state index in [-0.39, 0.29) is 29.6 Å². The van der Waals surface area contributed by atoms with Gasteiger partial charge in [-0.25, -0.2) is 15.8 Å². The highest BCUT2D eigenvalue weighted by Crippen LogP contribution is 2.35. The molecule has 4 heterocycles. The molecule has 2 saturated heterocycles. The Bertz CT molecular complexity index is 1010. The van der Waals surface area contributed by atoms with E-state index in [1.807, 2.05) is 19.2 Å². The number of anilines is 1. The van der Waals surface area contributed by atoms with Crippen molar-refractivity contribution >= 4 is 34.9 Å². The first kappa shape index (κ1) is 20.4. The van der Waals surface area contributed by atoms with Gasteiger partial charge in [0, 0.05) is 35.6 Å². The Morgan fingerprint density at radius 1 is 1.27 bits per heavy atom. The molecule has 2 fully saturated rings. The Balaban J connectivity index is 1.71. The largest absolute Gasteiger partial charge is 0.329 e. The zero-order chi connectivity index (χ0) is 21.4. The number of nitrogen functional groups attached to an aromatic ring is 1. The Morgan fingerprint density at radius 2 is 2.07 bits per heavy atom. The van der Waals surface area contributed by atoms with Gasteiger partial charge >= 0.3 is 0 Å². The van der Waals surface area contributed by atoms with Crippen molar-refractivity contribution in [3.8, 4) is 0 Å². The SMILES string of the molecule is Cc1csc(C2CCCN2C(=O)c2cc(C(=O)NN)nc(N3C(=O)CCC3C)c2)n1. The van der Waals surface area contributed by atoms with Crippen molar-refractivity contribution in [2.75, 3.05) is 11.4 Å². The minimum absolute atomic E-state index is 0.00564. The third-order valence-electron chi connectivity index (χ3n) is 5.59. The summed E-state index contributed by atoms with van der Waals surface area (Å²) in [7, 11) is 0. The molecule has 0 spiro atoms. The van der Waals surface area contributed by atoms with Crippen LogP contribution < -0.4 is 16.2 Å². The first-order valence-electron chi connectivity index (χ1n) is 9.97. The van der Waals surface area contributed by atoms with E-state index in [9.17, 15) is 14.4 Å². The van der Waals surface area contributed by atoms with Crippen LogP contribution in [0.3, 0.4) is 0 Å². The third-order valence-corrected chi connectivity index (χ3v) is 6.65. The maximum atomic E-state index is 13.4. The van der Waals surface area contributed by atoms with Crippen molar-refractivity contribution in [1.82, 2.24) is 20.3 Å². The molecular formula is C20H24N6O3S. The number of aromatic nitrogens is 2. The van der Waals surface area contributed by atoms with Gasteiger partial charge in [0.15, 0.2) is 0 Å². The van der Waals surface area contributed by atoms with Gasteiger partial charge in [-0.15, -0.1) is 11.3 Å². The quantitative estimate of drug-likeness (QED) is 0.436. The van der Waals surface area contributed by atoms with E-state index in [1.165, 1.54) is 6.07 Å². The number of hydrogen-bond acceptors (Lipinski definition) is 7. The number of carbonyl (C=O) groups excluding carboxylic acids is 3. The minimum atomic E-state index is -0.612. The van der Waals surface area contributed by atoms with Gasteiger partial charge in [-0.3, -0.25) is 24.7 Å². The van der Waals surface area contributed by atoms with Gasteiger partial charge in [-0.05, 0) is 45.2 Å². The summed E-state index contributed by atoms with van der Waals surface area (Å²) in [6.07, 6.45) is 2.84. The molecule has 10 heteroatoms. The number of pyridine rings is 1. The van der Waals surface area contributed by atoms with E-state index >= 15 is 0 Å². The highest BCUT2D eigenvalue weighted by molar-refractivity contribution is 7.09. The molecule has 3 N–H and O–H groups in total. The van der Waals surface area contributed by atoms with Crippen molar-refractivity contribution in [2.24, 2.45) is 5.84 Å². The molecule has 0 aromatic carbocycles. The summed E-state index contributed by atoms with van der Waals surface area (Å²) >= 11 is 1.55. The molecule has 2 aliphatic rings. The lowest BCUT2D eigenvalue weighted by Crippen LogP contribution is -2.35. The summed E-state index contributed by atoms with van der Waals surface area (Å²) in [5.74, 6) is 4.70. The summed E-state index contributed by atoms with van der Waals surface area (Å²) in [5.41, 5.74) is 3.31. The number of hydrazine groups is 1. The van der Waals surface area contributed by atoms with Crippen LogP contribution in [0.15, 0.2) is 17.5 Å². The molecule has 0 saturated carbocycles. The molecule has 30 heavy (non-hydrogen) atoms. The molecule has 158 valence electrons. The fourth-order valence-corrected chi connectivity index (χ4v) is 5.03. The smallest absolute Gasteiger partial charge is 0.283 e. The van der Waals surface area contributed by atoms with E-state index in [0.717, 1.165) is 23.5 Å². The van der Waals surface area contributed by atoms with E-state index < -0.39 is 5.91 Å².